The quantitative estimate of drug-likeness (QED) is 0.606. The second-order valence-electron chi connectivity index (χ2n) is 4.50. The van der Waals surface area contributed by atoms with Gasteiger partial charge in [0.25, 0.3) is 0 Å². The van der Waals surface area contributed by atoms with Gasteiger partial charge in [0, 0.05) is 6.54 Å². The third-order valence-corrected chi connectivity index (χ3v) is 2.52. The van der Waals surface area contributed by atoms with Gasteiger partial charge in [-0.1, -0.05) is 34.1 Å². The summed E-state index contributed by atoms with van der Waals surface area (Å²) in [6, 6.07) is 0. The van der Waals surface area contributed by atoms with Gasteiger partial charge in [0.05, 0.1) is 0 Å². The molecule has 0 aromatic heterocycles. The van der Waals surface area contributed by atoms with Crippen molar-refractivity contribution in [2.75, 3.05) is 6.54 Å². The van der Waals surface area contributed by atoms with Gasteiger partial charge < -0.3 is 5.32 Å². The molecule has 0 saturated heterocycles. The highest BCUT2D eigenvalue weighted by atomic mass is 16.1. The molecule has 0 saturated carbocycles. The molecule has 2 heteroatoms. The second-order valence-corrected chi connectivity index (χ2v) is 4.50. The Morgan fingerprint density at radius 1 is 1.15 bits per heavy atom. The van der Waals surface area contributed by atoms with Gasteiger partial charge in [-0.3, -0.25) is 4.79 Å². The molecule has 0 heterocycles. The summed E-state index contributed by atoms with van der Waals surface area (Å²) in [5, 5.41) is 2.77. The van der Waals surface area contributed by atoms with Crippen LogP contribution in [-0.2, 0) is 4.79 Å². The third kappa shape index (κ3) is 6.62. The van der Waals surface area contributed by atoms with Crippen LogP contribution >= 0.6 is 0 Å². The molecule has 1 amide bonds. The van der Waals surface area contributed by atoms with Crippen LogP contribution in [0.2, 0.25) is 0 Å². The molecular weight excluding hydrogens is 162 g/mol. The zero-order valence-electron chi connectivity index (χ0n) is 9.34. The lowest BCUT2D eigenvalue weighted by Gasteiger charge is -2.21. The largest absolute Gasteiger partial charge is 0.358 e. The van der Waals surface area contributed by atoms with E-state index in [1.807, 2.05) is 0 Å². The van der Waals surface area contributed by atoms with Crippen LogP contribution in [0, 0.1) is 17.8 Å². The summed E-state index contributed by atoms with van der Waals surface area (Å²) in [5.41, 5.74) is 0. The Labute approximate surface area is 82.1 Å². The topological polar surface area (TPSA) is 29.1 Å². The summed E-state index contributed by atoms with van der Waals surface area (Å²) in [6.07, 6.45) is 3.27. The van der Waals surface area contributed by atoms with Crippen molar-refractivity contribution in [3.8, 4) is 0 Å². The number of amides is 1. The fraction of sp³-hybridized carbons (Fsp3) is 0.909. The Morgan fingerprint density at radius 2 is 1.77 bits per heavy atom. The maximum absolute atomic E-state index is 10.2. The van der Waals surface area contributed by atoms with Crippen LogP contribution in [0.5, 0.6) is 0 Å². The van der Waals surface area contributed by atoms with Crippen molar-refractivity contribution in [2.45, 2.75) is 40.5 Å². The van der Waals surface area contributed by atoms with Crippen molar-refractivity contribution in [1.82, 2.24) is 5.32 Å². The molecule has 78 valence electrons. The summed E-state index contributed by atoms with van der Waals surface area (Å²) in [4.78, 5) is 10.2. The van der Waals surface area contributed by atoms with Crippen molar-refractivity contribution in [2.24, 2.45) is 17.8 Å². The fourth-order valence-corrected chi connectivity index (χ4v) is 1.42. The van der Waals surface area contributed by atoms with E-state index in [1.165, 1.54) is 12.8 Å². The molecule has 1 atom stereocenters. The van der Waals surface area contributed by atoms with Gasteiger partial charge in [-0.25, -0.2) is 0 Å². The van der Waals surface area contributed by atoms with Gasteiger partial charge in [-0.15, -0.1) is 0 Å². The maximum atomic E-state index is 10.2. The average molecular weight is 185 g/mol. The maximum Gasteiger partial charge on any atom is 0.207 e. The molecule has 13 heavy (non-hydrogen) atoms. The molecule has 0 aromatic carbocycles. The number of carbonyl (C=O) groups excluding carboxylic acids is 1. The molecule has 0 rings (SSSR count). The zero-order chi connectivity index (χ0) is 10.3. The van der Waals surface area contributed by atoms with E-state index in [-0.39, 0.29) is 0 Å². The lowest BCUT2D eigenvalue weighted by atomic mass is 9.89. The minimum atomic E-state index is 0.632. The fourth-order valence-electron chi connectivity index (χ4n) is 1.42. The Morgan fingerprint density at radius 3 is 2.15 bits per heavy atom. The van der Waals surface area contributed by atoms with Crippen LogP contribution in [0.4, 0.5) is 0 Å². The van der Waals surface area contributed by atoms with E-state index in [1.54, 1.807) is 0 Å². The average Bonchev–Trinajstić information content (AvgIpc) is 2.03. The highest BCUT2D eigenvalue weighted by Crippen LogP contribution is 2.18. The first-order chi connectivity index (χ1) is 6.07. The van der Waals surface area contributed by atoms with Gasteiger partial charge >= 0.3 is 0 Å². The minimum Gasteiger partial charge on any atom is -0.358 e. The first-order valence-corrected chi connectivity index (χ1v) is 5.25. The number of carbonyl (C=O) groups is 1. The molecule has 0 aromatic rings. The smallest absolute Gasteiger partial charge is 0.207 e. The monoisotopic (exact) mass is 185 g/mol. The van der Waals surface area contributed by atoms with Crippen LogP contribution in [0.1, 0.15) is 40.5 Å². The number of hydrogen-bond acceptors (Lipinski definition) is 1. The SMILES string of the molecule is CC(C)CCC(CNC=O)C(C)C. The highest BCUT2D eigenvalue weighted by molar-refractivity contribution is 5.45. The molecule has 0 radical (unpaired) electrons. The molecule has 1 unspecified atom stereocenters. The molecule has 0 bridgehead atoms. The van der Waals surface area contributed by atoms with Gasteiger partial charge in [0.1, 0.15) is 0 Å². The van der Waals surface area contributed by atoms with E-state index < -0.39 is 0 Å². The van der Waals surface area contributed by atoms with Crippen LogP contribution in [0.3, 0.4) is 0 Å². The van der Waals surface area contributed by atoms with Gasteiger partial charge in [-0.05, 0) is 24.2 Å². The summed E-state index contributed by atoms with van der Waals surface area (Å²) in [6.45, 7) is 9.75. The van der Waals surface area contributed by atoms with Crippen molar-refractivity contribution in [1.29, 1.82) is 0 Å². The summed E-state index contributed by atoms with van der Waals surface area (Å²) in [7, 11) is 0. The van der Waals surface area contributed by atoms with E-state index in [4.69, 9.17) is 0 Å². The van der Waals surface area contributed by atoms with Crippen LogP contribution < -0.4 is 5.32 Å². The van der Waals surface area contributed by atoms with Gasteiger partial charge in [0.2, 0.25) is 6.41 Å². The molecule has 0 aliphatic heterocycles. The Hall–Kier alpha value is -0.530. The summed E-state index contributed by atoms with van der Waals surface area (Å²) >= 11 is 0. The van der Waals surface area contributed by atoms with E-state index >= 15 is 0 Å². The Bertz CT molecular complexity index is 132. The van der Waals surface area contributed by atoms with E-state index in [2.05, 4.69) is 33.0 Å². The standard InChI is InChI=1S/C11H23NO/c1-9(2)5-6-11(10(3)4)7-12-8-13/h8-11H,5-7H2,1-4H3,(H,12,13). The zero-order valence-corrected chi connectivity index (χ0v) is 9.34. The predicted molar refractivity (Wildman–Crippen MR) is 56.5 cm³/mol. The van der Waals surface area contributed by atoms with Gasteiger partial charge in [0.15, 0.2) is 0 Å². The van der Waals surface area contributed by atoms with Crippen LogP contribution in [0.15, 0.2) is 0 Å². The highest BCUT2D eigenvalue weighted by Gasteiger charge is 2.12. The van der Waals surface area contributed by atoms with E-state index in [0.29, 0.717) is 11.8 Å². The molecule has 0 fully saturated rings. The Balaban J connectivity index is 3.73. The lowest BCUT2D eigenvalue weighted by molar-refractivity contribution is -0.109. The van der Waals surface area contributed by atoms with Crippen molar-refractivity contribution < 1.29 is 4.79 Å². The van der Waals surface area contributed by atoms with Crippen LogP contribution in [-0.4, -0.2) is 13.0 Å². The first kappa shape index (κ1) is 12.5. The third-order valence-electron chi connectivity index (χ3n) is 2.52. The molecular formula is C11H23NO. The number of hydrogen-bond donors (Lipinski definition) is 1. The Kier molecular flexibility index (Phi) is 6.65. The van der Waals surface area contributed by atoms with Crippen molar-refractivity contribution >= 4 is 6.41 Å². The van der Waals surface area contributed by atoms with Crippen molar-refractivity contribution in [3.05, 3.63) is 0 Å². The second kappa shape index (κ2) is 6.93. The molecule has 0 aliphatic carbocycles. The lowest BCUT2D eigenvalue weighted by Crippen LogP contribution is -2.25. The van der Waals surface area contributed by atoms with Gasteiger partial charge in [-0.2, -0.15) is 0 Å². The minimum absolute atomic E-state index is 0.632. The molecule has 0 spiro atoms. The molecule has 1 N–H and O–H groups in total. The number of rotatable bonds is 7. The predicted octanol–water partition coefficient (Wildman–Crippen LogP) is 2.44. The van der Waals surface area contributed by atoms with Crippen molar-refractivity contribution in [3.63, 3.8) is 0 Å². The van der Waals surface area contributed by atoms with Crippen LogP contribution in [0.25, 0.3) is 0 Å². The van der Waals surface area contributed by atoms with E-state index in [0.717, 1.165) is 18.9 Å². The summed E-state index contributed by atoms with van der Waals surface area (Å²) < 4.78 is 0. The summed E-state index contributed by atoms with van der Waals surface area (Å²) in [5.74, 6) is 2.05. The normalized spacial score (nSPS) is 13.4. The number of nitrogens with one attached hydrogen (secondary N) is 1. The molecule has 2 nitrogen and oxygen atoms in total. The molecule has 0 aliphatic rings. The van der Waals surface area contributed by atoms with E-state index in [9.17, 15) is 4.79 Å². The first-order valence-electron chi connectivity index (χ1n) is 5.25.